The molecule has 7 heteroatoms. The van der Waals surface area contributed by atoms with E-state index in [0.29, 0.717) is 16.3 Å². The van der Waals surface area contributed by atoms with Gasteiger partial charge in [0.1, 0.15) is 17.5 Å². The molecule has 2 atom stereocenters. The van der Waals surface area contributed by atoms with Crippen molar-refractivity contribution in [3.63, 3.8) is 0 Å². The number of ether oxygens (including phenoxy) is 1. The number of para-hydroxylation sites is 1. The largest absolute Gasteiger partial charge is 0.489 e. The molecule has 1 aliphatic carbocycles. The zero-order chi connectivity index (χ0) is 22.8. The molecule has 0 aliphatic heterocycles. The Balaban J connectivity index is 1.30. The number of benzene rings is 2. The minimum Gasteiger partial charge on any atom is -0.489 e. The predicted molar refractivity (Wildman–Crippen MR) is 130 cm³/mol. The second-order valence-corrected chi connectivity index (χ2v) is 8.93. The quantitative estimate of drug-likeness (QED) is 0.400. The highest BCUT2D eigenvalue weighted by Gasteiger charge is 2.25. The number of nitrogens with one attached hydrogen (secondary N) is 2. The van der Waals surface area contributed by atoms with Crippen LogP contribution in [0.15, 0.2) is 60.8 Å². The number of halogens is 1. The van der Waals surface area contributed by atoms with Crippen LogP contribution in [0.3, 0.4) is 0 Å². The van der Waals surface area contributed by atoms with Crippen molar-refractivity contribution in [2.45, 2.75) is 44.8 Å². The van der Waals surface area contributed by atoms with Crippen molar-refractivity contribution < 1.29 is 9.53 Å². The molecular weight excluding hydrogens is 436 g/mol. The number of nitrogens with zero attached hydrogens (tertiary/aromatic N) is 2. The van der Waals surface area contributed by atoms with Crippen molar-refractivity contribution in [2.24, 2.45) is 0 Å². The lowest BCUT2D eigenvalue weighted by Crippen LogP contribution is -2.41. The first kappa shape index (κ1) is 21.5. The van der Waals surface area contributed by atoms with Crippen molar-refractivity contribution in [3.8, 4) is 17.0 Å². The molecule has 2 aromatic heterocycles. The number of aromatic nitrogens is 3. The molecule has 33 heavy (non-hydrogen) atoms. The number of hydrogen-bond acceptors (Lipinski definition) is 4. The molecule has 2 unspecified atom stereocenters. The molecule has 0 spiro atoms. The molecule has 1 amide bonds. The number of aromatic amines is 1. The SMILES string of the molecule is Cc1cc(-c2n[nH]c3ccc(C(=O)NC4CCCC(Oc5ccccc5Cl)C4)cc23)ccn1. The van der Waals surface area contributed by atoms with E-state index in [4.69, 9.17) is 16.3 Å². The van der Waals surface area contributed by atoms with Crippen molar-refractivity contribution in [1.82, 2.24) is 20.5 Å². The number of carbonyl (C=O) groups is 1. The summed E-state index contributed by atoms with van der Waals surface area (Å²) < 4.78 is 6.12. The van der Waals surface area contributed by atoms with Gasteiger partial charge in [0, 0.05) is 40.9 Å². The Hall–Kier alpha value is -3.38. The summed E-state index contributed by atoms with van der Waals surface area (Å²) >= 11 is 6.24. The zero-order valence-corrected chi connectivity index (χ0v) is 19.1. The normalized spacial score (nSPS) is 18.2. The van der Waals surface area contributed by atoms with E-state index in [1.165, 1.54) is 0 Å². The summed E-state index contributed by atoms with van der Waals surface area (Å²) in [4.78, 5) is 17.3. The number of amides is 1. The summed E-state index contributed by atoms with van der Waals surface area (Å²) in [5.41, 5.74) is 4.21. The van der Waals surface area contributed by atoms with E-state index in [-0.39, 0.29) is 18.1 Å². The molecule has 0 bridgehead atoms. The third kappa shape index (κ3) is 4.71. The lowest BCUT2D eigenvalue weighted by Gasteiger charge is -2.30. The van der Waals surface area contributed by atoms with Gasteiger partial charge in [0.05, 0.1) is 10.5 Å². The van der Waals surface area contributed by atoms with Crippen LogP contribution in [0.4, 0.5) is 0 Å². The first-order chi connectivity index (χ1) is 16.1. The van der Waals surface area contributed by atoms with Gasteiger partial charge >= 0.3 is 0 Å². The van der Waals surface area contributed by atoms with Gasteiger partial charge in [-0.25, -0.2) is 0 Å². The summed E-state index contributed by atoms with van der Waals surface area (Å²) in [7, 11) is 0. The number of aryl methyl sites for hydroxylation is 1. The molecule has 2 heterocycles. The van der Waals surface area contributed by atoms with Crippen molar-refractivity contribution in [2.75, 3.05) is 0 Å². The fraction of sp³-hybridized carbons (Fsp3) is 0.269. The van der Waals surface area contributed by atoms with Gasteiger partial charge in [0.2, 0.25) is 0 Å². The van der Waals surface area contributed by atoms with Gasteiger partial charge in [0.25, 0.3) is 5.91 Å². The molecule has 168 valence electrons. The Morgan fingerprint density at radius 2 is 2.03 bits per heavy atom. The first-order valence-electron chi connectivity index (χ1n) is 11.2. The van der Waals surface area contributed by atoms with Gasteiger partial charge in [-0.15, -0.1) is 0 Å². The smallest absolute Gasteiger partial charge is 0.251 e. The Labute approximate surface area is 197 Å². The summed E-state index contributed by atoms with van der Waals surface area (Å²) in [6.45, 7) is 1.95. The van der Waals surface area contributed by atoms with E-state index in [2.05, 4.69) is 20.5 Å². The summed E-state index contributed by atoms with van der Waals surface area (Å²) in [6.07, 6.45) is 5.43. The van der Waals surface area contributed by atoms with Gasteiger partial charge in [-0.05, 0) is 68.7 Å². The minimum absolute atomic E-state index is 0.0295. The van der Waals surface area contributed by atoms with Gasteiger partial charge in [-0.2, -0.15) is 5.10 Å². The monoisotopic (exact) mass is 460 g/mol. The average Bonchev–Trinajstić information content (AvgIpc) is 3.24. The van der Waals surface area contributed by atoms with Crippen LogP contribution in [0.2, 0.25) is 5.02 Å². The van der Waals surface area contributed by atoms with Gasteiger partial charge in [-0.3, -0.25) is 14.9 Å². The van der Waals surface area contributed by atoms with Crippen LogP contribution in [0.25, 0.3) is 22.2 Å². The van der Waals surface area contributed by atoms with E-state index < -0.39 is 0 Å². The average molecular weight is 461 g/mol. The van der Waals surface area contributed by atoms with Crippen molar-refractivity contribution in [3.05, 3.63) is 77.1 Å². The Bertz CT molecular complexity index is 1300. The summed E-state index contributed by atoms with van der Waals surface area (Å²) in [6, 6.07) is 17.1. The number of fused-ring (bicyclic) bond motifs is 1. The highest BCUT2D eigenvalue weighted by Crippen LogP contribution is 2.30. The molecule has 2 aromatic carbocycles. The van der Waals surface area contributed by atoms with Crippen LogP contribution in [-0.4, -0.2) is 33.2 Å². The van der Waals surface area contributed by atoms with Crippen LogP contribution < -0.4 is 10.1 Å². The third-order valence-corrected chi connectivity index (χ3v) is 6.40. The van der Waals surface area contributed by atoms with Crippen LogP contribution in [0.1, 0.15) is 41.7 Å². The first-order valence-corrected chi connectivity index (χ1v) is 11.6. The van der Waals surface area contributed by atoms with E-state index in [1.807, 2.05) is 61.5 Å². The Morgan fingerprint density at radius 1 is 1.15 bits per heavy atom. The molecule has 4 aromatic rings. The van der Waals surface area contributed by atoms with E-state index >= 15 is 0 Å². The highest BCUT2D eigenvalue weighted by molar-refractivity contribution is 6.32. The molecule has 1 saturated carbocycles. The third-order valence-electron chi connectivity index (χ3n) is 6.09. The fourth-order valence-corrected chi connectivity index (χ4v) is 4.62. The van der Waals surface area contributed by atoms with Gasteiger partial charge in [0.15, 0.2) is 0 Å². The molecule has 6 nitrogen and oxygen atoms in total. The maximum atomic E-state index is 13.1. The van der Waals surface area contributed by atoms with E-state index in [1.54, 1.807) is 6.20 Å². The van der Waals surface area contributed by atoms with Gasteiger partial charge < -0.3 is 10.1 Å². The summed E-state index contributed by atoms with van der Waals surface area (Å²) in [5.74, 6) is 0.610. The van der Waals surface area contributed by atoms with Crippen LogP contribution >= 0.6 is 11.6 Å². The Morgan fingerprint density at radius 3 is 2.88 bits per heavy atom. The van der Waals surface area contributed by atoms with E-state index in [0.717, 1.165) is 53.5 Å². The number of H-pyrrole nitrogens is 1. The molecule has 1 fully saturated rings. The zero-order valence-electron chi connectivity index (χ0n) is 18.3. The number of carbonyl (C=O) groups excluding carboxylic acids is 1. The number of pyridine rings is 1. The number of rotatable bonds is 5. The molecule has 0 radical (unpaired) electrons. The van der Waals surface area contributed by atoms with E-state index in [9.17, 15) is 4.79 Å². The van der Waals surface area contributed by atoms with Crippen LogP contribution in [0, 0.1) is 6.92 Å². The standard InChI is InChI=1S/C26H25ClN4O2/c1-16-13-17(11-12-28-16)25-21-14-18(9-10-23(21)30-31-25)26(32)29-19-5-4-6-20(15-19)33-24-8-3-2-7-22(24)27/h2-3,7-14,19-20H,4-6,15H2,1H3,(H,29,32)(H,30,31). The molecule has 2 N–H and O–H groups in total. The lowest BCUT2D eigenvalue weighted by molar-refractivity contribution is 0.0883. The minimum atomic E-state index is -0.0849. The topological polar surface area (TPSA) is 79.9 Å². The van der Waals surface area contributed by atoms with Gasteiger partial charge in [-0.1, -0.05) is 23.7 Å². The molecule has 0 saturated heterocycles. The predicted octanol–water partition coefficient (Wildman–Crippen LogP) is 5.71. The maximum absolute atomic E-state index is 13.1. The van der Waals surface area contributed by atoms with Crippen molar-refractivity contribution >= 4 is 28.4 Å². The second kappa shape index (κ2) is 9.24. The van der Waals surface area contributed by atoms with Crippen molar-refractivity contribution in [1.29, 1.82) is 0 Å². The second-order valence-electron chi connectivity index (χ2n) is 8.53. The fourth-order valence-electron chi connectivity index (χ4n) is 4.44. The van der Waals surface area contributed by atoms with Crippen LogP contribution in [0.5, 0.6) is 5.75 Å². The molecule has 5 rings (SSSR count). The molecule has 1 aliphatic rings. The highest BCUT2D eigenvalue weighted by atomic mass is 35.5. The molecular formula is C26H25ClN4O2. The van der Waals surface area contributed by atoms with Crippen LogP contribution in [-0.2, 0) is 0 Å². The number of hydrogen-bond donors (Lipinski definition) is 2. The summed E-state index contributed by atoms with van der Waals surface area (Å²) in [5, 5.41) is 12.2. The Kier molecular flexibility index (Phi) is 6.01. The maximum Gasteiger partial charge on any atom is 0.251 e. The lowest BCUT2D eigenvalue weighted by atomic mass is 9.92.